The maximum absolute atomic E-state index is 12.7. The summed E-state index contributed by atoms with van der Waals surface area (Å²) < 4.78 is 12.7. The molecule has 1 amide bonds. The summed E-state index contributed by atoms with van der Waals surface area (Å²) in [6.07, 6.45) is 1.19. The average Bonchev–Trinajstić information content (AvgIpc) is 2.49. The van der Waals surface area contributed by atoms with Gasteiger partial charge in [-0.25, -0.2) is 9.82 Å². The highest BCUT2D eigenvalue weighted by Crippen LogP contribution is 2.20. The van der Waals surface area contributed by atoms with Crippen LogP contribution in [0.4, 0.5) is 10.1 Å². The highest BCUT2D eigenvalue weighted by molar-refractivity contribution is 6.33. The second-order valence-corrected chi connectivity index (χ2v) is 4.58. The lowest BCUT2D eigenvalue weighted by atomic mass is 10.2. The SMILES string of the molecule is O=C(N/N=C\c1cc([N+](=O)[O-])ccc1Cl)c1ccc(F)cc1. The summed E-state index contributed by atoms with van der Waals surface area (Å²) in [5.41, 5.74) is 2.59. The molecule has 112 valence electrons. The van der Waals surface area contributed by atoms with Crippen LogP contribution in [0.15, 0.2) is 47.6 Å². The highest BCUT2D eigenvalue weighted by Gasteiger charge is 2.08. The van der Waals surface area contributed by atoms with Gasteiger partial charge in [0, 0.05) is 28.3 Å². The van der Waals surface area contributed by atoms with Crippen molar-refractivity contribution in [2.45, 2.75) is 0 Å². The molecule has 2 rings (SSSR count). The van der Waals surface area contributed by atoms with Gasteiger partial charge in [-0.1, -0.05) is 11.6 Å². The number of nitrogens with one attached hydrogen (secondary N) is 1. The molecular formula is C14H9ClFN3O3. The van der Waals surface area contributed by atoms with Gasteiger partial charge in [0.25, 0.3) is 11.6 Å². The Hall–Kier alpha value is -2.80. The molecule has 0 unspecified atom stereocenters. The first kappa shape index (κ1) is 15.6. The molecule has 8 heteroatoms. The average molecular weight is 322 g/mol. The molecule has 0 bridgehead atoms. The summed E-state index contributed by atoms with van der Waals surface area (Å²) in [5, 5.41) is 14.6. The van der Waals surface area contributed by atoms with Gasteiger partial charge in [-0.2, -0.15) is 5.10 Å². The predicted molar refractivity (Wildman–Crippen MR) is 79.6 cm³/mol. The van der Waals surface area contributed by atoms with E-state index in [1.165, 1.54) is 36.5 Å². The molecule has 0 fully saturated rings. The van der Waals surface area contributed by atoms with Gasteiger partial charge in [0.15, 0.2) is 0 Å². The van der Waals surface area contributed by atoms with Crippen LogP contribution in [-0.4, -0.2) is 17.0 Å². The lowest BCUT2D eigenvalue weighted by Crippen LogP contribution is -2.17. The number of carbonyl (C=O) groups is 1. The monoisotopic (exact) mass is 321 g/mol. The number of rotatable bonds is 4. The van der Waals surface area contributed by atoms with E-state index in [2.05, 4.69) is 10.5 Å². The number of hydrogen-bond donors (Lipinski definition) is 1. The van der Waals surface area contributed by atoms with Crippen LogP contribution < -0.4 is 5.43 Å². The summed E-state index contributed by atoms with van der Waals surface area (Å²) in [5.74, 6) is -0.999. The third-order valence-electron chi connectivity index (χ3n) is 2.67. The van der Waals surface area contributed by atoms with E-state index >= 15 is 0 Å². The number of non-ortho nitro benzene ring substituents is 1. The van der Waals surface area contributed by atoms with Gasteiger partial charge < -0.3 is 0 Å². The quantitative estimate of drug-likeness (QED) is 0.533. The number of amides is 1. The van der Waals surface area contributed by atoms with Crippen molar-refractivity contribution in [3.8, 4) is 0 Å². The number of benzene rings is 2. The Balaban J connectivity index is 2.09. The molecule has 6 nitrogen and oxygen atoms in total. The second-order valence-electron chi connectivity index (χ2n) is 4.17. The molecule has 0 atom stereocenters. The summed E-state index contributed by atoms with van der Waals surface area (Å²) in [7, 11) is 0. The molecule has 2 aromatic carbocycles. The summed E-state index contributed by atoms with van der Waals surface area (Å²) >= 11 is 5.88. The summed E-state index contributed by atoms with van der Waals surface area (Å²) in [6.45, 7) is 0. The van der Waals surface area contributed by atoms with E-state index in [9.17, 15) is 19.3 Å². The molecule has 2 aromatic rings. The number of hydrazone groups is 1. The van der Waals surface area contributed by atoms with Crippen molar-refractivity contribution < 1.29 is 14.1 Å². The molecule has 22 heavy (non-hydrogen) atoms. The van der Waals surface area contributed by atoms with E-state index in [0.717, 1.165) is 12.1 Å². The van der Waals surface area contributed by atoms with Crippen LogP contribution in [0, 0.1) is 15.9 Å². The Morgan fingerprint density at radius 2 is 1.95 bits per heavy atom. The van der Waals surface area contributed by atoms with Crippen LogP contribution in [0.5, 0.6) is 0 Å². The highest BCUT2D eigenvalue weighted by atomic mass is 35.5. The van der Waals surface area contributed by atoms with Crippen molar-refractivity contribution in [3.05, 3.63) is 74.5 Å². The summed E-state index contributed by atoms with van der Waals surface area (Å²) in [6, 6.07) is 8.77. The first-order valence-electron chi connectivity index (χ1n) is 6.00. The van der Waals surface area contributed by atoms with E-state index < -0.39 is 16.6 Å². The Kier molecular flexibility index (Phi) is 4.80. The maximum atomic E-state index is 12.7. The minimum absolute atomic E-state index is 0.143. The largest absolute Gasteiger partial charge is 0.271 e. The van der Waals surface area contributed by atoms with Crippen molar-refractivity contribution >= 4 is 29.4 Å². The topological polar surface area (TPSA) is 84.6 Å². The third-order valence-corrected chi connectivity index (χ3v) is 3.01. The smallest absolute Gasteiger partial charge is 0.267 e. The molecule has 0 aliphatic rings. The normalized spacial score (nSPS) is 10.6. The second kappa shape index (κ2) is 6.77. The van der Waals surface area contributed by atoms with Crippen LogP contribution in [0.1, 0.15) is 15.9 Å². The molecule has 0 aliphatic carbocycles. The minimum atomic E-state index is -0.565. The van der Waals surface area contributed by atoms with Crippen molar-refractivity contribution in [1.29, 1.82) is 0 Å². The van der Waals surface area contributed by atoms with Gasteiger partial charge in [-0.15, -0.1) is 0 Å². The van der Waals surface area contributed by atoms with Crippen molar-refractivity contribution in [1.82, 2.24) is 5.43 Å². The number of nitro groups is 1. The number of nitro benzene ring substituents is 1. The van der Waals surface area contributed by atoms with Crippen LogP contribution in [0.25, 0.3) is 0 Å². The van der Waals surface area contributed by atoms with E-state index in [0.29, 0.717) is 0 Å². The number of hydrogen-bond acceptors (Lipinski definition) is 4. The van der Waals surface area contributed by atoms with Crippen molar-refractivity contribution in [3.63, 3.8) is 0 Å². The Morgan fingerprint density at radius 3 is 2.59 bits per heavy atom. The minimum Gasteiger partial charge on any atom is -0.267 e. The molecule has 0 spiro atoms. The lowest BCUT2D eigenvalue weighted by molar-refractivity contribution is -0.384. The maximum Gasteiger partial charge on any atom is 0.271 e. The molecule has 0 radical (unpaired) electrons. The number of halogens is 2. The van der Waals surface area contributed by atoms with Gasteiger partial charge >= 0.3 is 0 Å². The Morgan fingerprint density at radius 1 is 1.27 bits per heavy atom. The third kappa shape index (κ3) is 3.86. The fourth-order valence-corrected chi connectivity index (χ4v) is 1.74. The number of nitrogens with zero attached hydrogens (tertiary/aromatic N) is 2. The van der Waals surface area contributed by atoms with Crippen LogP contribution in [0.2, 0.25) is 5.02 Å². The Bertz CT molecular complexity index is 747. The zero-order valence-electron chi connectivity index (χ0n) is 11.0. The molecular weight excluding hydrogens is 313 g/mol. The zero-order chi connectivity index (χ0) is 16.1. The van der Waals surface area contributed by atoms with Gasteiger partial charge in [-0.05, 0) is 30.3 Å². The molecule has 0 saturated heterocycles. The van der Waals surface area contributed by atoms with Crippen molar-refractivity contribution in [2.75, 3.05) is 0 Å². The predicted octanol–water partition coefficient (Wildman–Crippen LogP) is 3.15. The van der Waals surface area contributed by atoms with Gasteiger partial charge in [0.05, 0.1) is 11.1 Å². The molecule has 0 saturated carbocycles. The van der Waals surface area contributed by atoms with E-state index in [4.69, 9.17) is 11.6 Å². The van der Waals surface area contributed by atoms with E-state index in [1.54, 1.807) is 0 Å². The van der Waals surface area contributed by atoms with Crippen LogP contribution in [-0.2, 0) is 0 Å². The fraction of sp³-hybridized carbons (Fsp3) is 0. The zero-order valence-corrected chi connectivity index (χ0v) is 11.7. The first-order chi connectivity index (χ1) is 10.5. The first-order valence-corrected chi connectivity index (χ1v) is 6.38. The fourth-order valence-electron chi connectivity index (χ4n) is 1.57. The Labute approximate surface area is 129 Å². The summed E-state index contributed by atoms with van der Waals surface area (Å²) in [4.78, 5) is 21.8. The van der Waals surface area contributed by atoms with Gasteiger partial charge in [-0.3, -0.25) is 14.9 Å². The molecule has 0 aliphatic heterocycles. The van der Waals surface area contributed by atoms with Gasteiger partial charge in [0.1, 0.15) is 5.82 Å². The van der Waals surface area contributed by atoms with Gasteiger partial charge in [0.2, 0.25) is 0 Å². The van der Waals surface area contributed by atoms with Crippen LogP contribution in [0.3, 0.4) is 0 Å². The van der Waals surface area contributed by atoms with Crippen molar-refractivity contribution in [2.24, 2.45) is 5.10 Å². The molecule has 0 heterocycles. The number of carbonyl (C=O) groups excluding carboxylic acids is 1. The van der Waals surface area contributed by atoms with E-state index in [1.807, 2.05) is 0 Å². The standard InChI is InChI=1S/C14H9ClFN3O3/c15-13-6-5-12(19(21)22)7-10(13)8-17-18-14(20)9-1-3-11(16)4-2-9/h1-8H,(H,18,20)/b17-8-. The van der Waals surface area contributed by atoms with Crippen LogP contribution >= 0.6 is 11.6 Å². The molecule has 0 aromatic heterocycles. The lowest BCUT2D eigenvalue weighted by Gasteiger charge is -2.00. The van der Waals surface area contributed by atoms with E-state index in [-0.39, 0.29) is 21.8 Å². The molecule has 1 N–H and O–H groups in total.